The molecule has 0 aromatic heterocycles. The fourth-order valence-electron chi connectivity index (χ4n) is 2.99. The molecule has 9 heteroatoms. The summed E-state index contributed by atoms with van der Waals surface area (Å²) < 4.78 is 26.7. The number of hydrogen-bond donors (Lipinski definition) is 1. The number of hydrogen-bond acceptors (Lipinski definition) is 4. The van der Waals surface area contributed by atoms with E-state index in [9.17, 15) is 18.0 Å². The first kappa shape index (κ1) is 24.8. The number of likely N-dealkylation sites (N-methyl/N-ethyl adjacent to an activating group) is 2. The lowest BCUT2D eigenvalue weighted by molar-refractivity contribution is -0.140. The van der Waals surface area contributed by atoms with Crippen molar-refractivity contribution in [2.45, 2.75) is 38.3 Å². The van der Waals surface area contributed by atoms with Gasteiger partial charge in [-0.05, 0) is 50.6 Å². The van der Waals surface area contributed by atoms with Crippen molar-refractivity contribution >= 4 is 33.4 Å². The van der Waals surface area contributed by atoms with Crippen molar-refractivity contribution in [3.8, 4) is 0 Å². The molecule has 0 aliphatic carbocycles. The second kappa shape index (κ2) is 10.7. The molecule has 0 fully saturated rings. The predicted molar refractivity (Wildman–Crippen MR) is 121 cm³/mol. The Morgan fingerprint density at radius 2 is 1.77 bits per heavy atom. The van der Waals surface area contributed by atoms with Gasteiger partial charge in [-0.3, -0.25) is 9.59 Å². The quantitative estimate of drug-likeness (QED) is 0.617. The van der Waals surface area contributed by atoms with Crippen LogP contribution in [0.1, 0.15) is 25.0 Å². The van der Waals surface area contributed by atoms with Crippen LogP contribution in [0.5, 0.6) is 0 Å². The number of nitrogens with zero attached hydrogens (tertiary/aromatic N) is 2. The van der Waals surface area contributed by atoms with Gasteiger partial charge in [-0.25, -0.2) is 8.42 Å². The van der Waals surface area contributed by atoms with Gasteiger partial charge in [0.05, 0.1) is 11.4 Å². The highest BCUT2D eigenvalue weighted by Crippen LogP contribution is 2.18. The second-order valence-electron chi connectivity index (χ2n) is 7.30. The van der Waals surface area contributed by atoms with E-state index in [0.29, 0.717) is 11.6 Å². The largest absolute Gasteiger partial charge is 0.355 e. The molecule has 31 heavy (non-hydrogen) atoms. The van der Waals surface area contributed by atoms with E-state index in [0.717, 1.165) is 15.4 Å². The maximum Gasteiger partial charge on any atom is 0.243 e. The van der Waals surface area contributed by atoms with E-state index in [1.807, 2.05) is 6.92 Å². The summed E-state index contributed by atoms with van der Waals surface area (Å²) in [7, 11) is -2.51. The first-order valence-electron chi connectivity index (χ1n) is 9.91. The number of benzene rings is 2. The molecule has 2 rings (SSSR count). The fraction of sp³-hybridized carbons (Fsp3) is 0.364. The van der Waals surface area contributed by atoms with E-state index >= 15 is 0 Å². The lowest BCUT2D eigenvalue weighted by Gasteiger charge is -2.30. The van der Waals surface area contributed by atoms with E-state index in [4.69, 9.17) is 11.6 Å². The van der Waals surface area contributed by atoms with Crippen molar-refractivity contribution in [3.05, 3.63) is 64.7 Å². The van der Waals surface area contributed by atoms with Crippen LogP contribution in [0.3, 0.4) is 0 Å². The van der Waals surface area contributed by atoms with Gasteiger partial charge in [-0.2, -0.15) is 4.31 Å². The Kier molecular flexibility index (Phi) is 8.61. The van der Waals surface area contributed by atoms with Gasteiger partial charge in [0.15, 0.2) is 0 Å². The third-order valence-corrected chi connectivity index (χ3v) is 6.90. The van der Waals surface area contributed by atoms with Crippen LogP contribution in [0.4, 0.5) is 0 Å². The zero-order valence-electron chi connectivity index (χ0n) is 18.1. The molecule has 0 bridgehead atoms. The summed E-state index contributed by atoms with van der Waals surface area (Å²) in [6.45, 7) is 5.40. The van der Waals surface area contributed by atoms with E-state index in [1.165, 1.54) is 24.1 Å². The summed E-state index contributed by atoms with van der Waals surface area (Å²) in [5.41, 5.74) is 1.67. The average molecular weight is 466 g/mol. The number of aryl methyl sites for hydroxylation is 1. The van der Waals surface area contributed by atoms with Crippen molar-refractivity contribution < 1.29 is 18.0 Å². The molecule has 0 saturated heterocycles. The first-order chi connectivity index (χ1) is 14.6. The maximum absolute atomic E-state index is 13.1. The Bertz CT molecular complexity index is 1030. The molecule has 0 spiro atoms. The van der Waals surface area contributed by atoms with Crippen molar-refractivity contribution in [1.82, 2.24) is 14.5 Å². The summed E-state index contributed by atoms with van der Waals surface area (Å²) >= 11 is 6.05. The maximum atomic E-state index is 13.1. The van der Waals surface area contributed by atoms with E-state index in [2.05, 4.69) is 5.32 Å². The molecule has 168 valence electrons. The summed E-state index contributed by atoms with van der Waals surface area (Å²) in [5.74, 6) is -0.807. The third-order valence-electron chi connectivity index (χ3n) is 4.85. The Morgan fingerprint density at radius 3 is 2.35 bits per heavy atom. The smallest absolute Gasteiger partial charge is 0.243 e. The monoisotopic (exact) mass is 465 g/mol. The molecule has 1 atom stereocenters. The van der Waals surface area contributed by atoms with Gasteiger partial charge in [0.25, 0.3) is 0 Å². The summed E-state index contributed by atoms with van der Waals surface area (Å²) in [4.78, 5) is 27.0. The number of carbonyl (C=O) groups is 2. The molecule has 2 aromatic rings. The molecule has 0 aliphatic rings. The van der Waals surface area contributed by atoms with Crippen LogP contribution in [-0.2, 0) is 26.2 Å². The SMILES string of the molecule is CCNC(=O)C(C)N(Cc1cccc(Cl)c1)C(=O)CN(C)S(=O)(=O)c1ccc(C)cc1. The molecule has 2 aromatic carbocycles. The minimum absolute atomic E-state index is 0.103. The highest BCUT2D eigenvalue weighted by molar-refractivity contribution is 7.89. The number of nitrogens with one attached hydrogen (secondary N) is 1. The van der Waals surface area contributed by atoms with E-state index in [-0.39, 0.29) is 17.3 Å². The zero-order chi connectivity index (χ0) is 23.2. The standard InChI is InChI=1S/C22H28ClN3O4S/c1-5-24-22(28)17(3)26(14-18-7-6-8-19(23)13-18)21(27)15-25(4)31(29,30)20-11-9-16(2)10-12-20/h6-13,17H,5,14-15H2,1-4H3,(H,24,28). The average Bonchev–Trinajstić information content (AvgIpc) is 2.72. The van der Waals surface area contributed by atoms with Crippen molar-refractivity contribution in [2.24, 2.45) is 0 Å². The number of sulfonamides is 1. The molecule has 7 nitrogen and oxygen atoms in total. The zero-order valence-corrected chi connectivity index (χ0v) is 19.7. The highest BCUT2D eigenvalue weighted by Gasteiger charge is 2.30. The minimum atomic E-state index is -3.86. The van der Waals surface area contributed by atoms with Crippen LogP contribution in [0, 0.1) is 6.92 Å². The molecular weight excluding hydrogens is 438 g/mol. The van der Waals surface area contributed by atoms with Crippen LogP contribution >= 0.6 is 11.6 Å². The molecule has 1 unspecified atom stereocenters. The van der Waals surface area contributed by atoms with Gasteiger partial charge in [-0.1, -0.05) is 41.4 Å². The topological polar surface area (TPSA) is 86.8 Å². The van der Waals surface area contributed by atoms with Crippen molar-refractivity contribution in [1.29, 1.82) is 0 Å². The summed E-state index contributed by atoms with van der Waals surface area (Å²) in [5, 5.41) is 3.21. The van der Waals surface area contributed by atoms with Gasteiger partial charge < -0.3 is 10.2 Å². The molecule has 2 amide bonds. The van der Waals surface area contributed by atoms with Crippen molar-refractivity contribution in [3.63, 3.8) is 0 Å². The van der Waals surface area contributed by atoms with Gasteiger partial charge in [-0.15, -0.1) is 0 Å². The van der Waals surface area contributed by atoms with E-state index < -0.39 is 28.5 Å². The highest BCUT2D eigenvalue weighted by atomic mass is 35.5. The van der Waals surface area contributed by atoms with Gasteiger partial charge in [0.2, 0.25) is 21.8 Å². The molecule has 0 saturated carbocycles. The molecule has 0 radical (unpaired) electrons. The molecular formula is C22H28ClN3O4S. The molecule has 0 heterocycles. The number of rotatable bonds is 9. The van der Waals surface area contributed by atoms with Gasteiger partial charge in [0.1, 0.15) is 6.04 Å². The molecule has 0 aliphatic heterocycles. The normalized spacial score (nSPS) is 12.5. The Hall–Kier alpha value is -2.42. The van der Waals surface area contributed by atoms with Crippen LogP contribution < -0.4 is 5.32 Å². The Morgan fingerprint density at radius 1 is 1.13 bits per heavy atom. The molecule has 1 N–H and O–H groups in total. The number of carbonyl (C=O) groups excluding carboxylic acids is 2. The minimum Gasteiger partial charge on any atom is -0.355 e. The summed E-state index contributed by atoms with van der Waals surface area (Å²) in [6, 6.07) is 12.6. The predicted octanol–water partition coefficient (Wildman–Crippen LogP) is 2.82. The lowest BCUT2D eigenvalue weighted by Crippen LogP contribution is -2.50. The fourth-order valence-corrected chi connectivity index (χ4v) is 4.33. The third kappa shape index (κ3) is 6.53. The van der Waals surface area contributed by atoms with Crippen LogP contribution in [-0.4, -0.2) is 55.6 Å². The van der Waals surface area contributed by atoms with Crippen LogP contribution in [0.15, 0.2) is 53.4 Å². The Labute approximate surface area is 189 Å². The first-order valence-corrected chi connectivity index (χ1v) is 11.7. The second-order valence-corrected chi connectivity index (χ2v) is 9.78. The van der Waals surface area contributed by atoms with E-state index in [1.54, 1.807) is 50.2 Å². The number of amides is 2. The van der Waals surface area contributed by atoms with Crippen LogP contribution in [0.2, 0.25) is 5.02 Å². The lowest BCUT2D eigenvalue weighted by atomic mass is 10.1. The van der Waals surface area contributed by atoms with Crippen LogP contribution in [0.25, 0.3) is 0 Å². The van der Waals surface area contributed by atoms with Crippen molar-refractivity contribution in [2.75, 3.05) is 20.1 Å². The Balaban J connectivity index is 2.26. The van der Waals surface area contributed by atoms with Gasteiger partial charge in [0, 0.05) is 25.2 Å². The number of halogens is 1. The van der Waals surface area contributed by atoms with Gasteiger partial charge >= 0.3 is 0 Å². The summed E-state index contributed by atoms with van der Waals surface area (Å²) in [6.07, 6.45) is 0.